The van der Waals surface area contributed by atoms with Crippen LogP contribution in [-0.4, -0.2) is 13.7 Å². The van der Waals surface area contributed by atoms with Crippen molar-refractivity contribution < 1.29 is 4.74 Å². The van der Waals surface area contributed by atoms with E-state index in [-0.39, 0.29) is 0 Å². The standard InChI is InChI=1S/C13H19NO/c1-9-7-13(15-3)10(2)12-8-14-6-4-5-11(9)12/h7,14H,4-6,8H2,1-3H3. The first-order chi connectivity index (χ1) is 7.24. The largest absolute Gasteiger partial charge is 0.496 e. The molecule has 1 heterocycles. The third-order valence-electron chi connectivity index (χ3n) is 3.31. The zero-order chi connectivity index (χ0) is 10.8. The summed E-state index contributed by atoms with van der Waals surface area (Å²) in [5.74, 6) is 1.02. The fourth-order valence-electron chi connectivity index (χ4n) is 2.41. The zero-order valence-electron chi connectivity index (χ0n) is 9.81. The molecule has 0 fully saturated rings. The number of hydrogen-bond donors (Lipinski definition) is 1. The van der Waals surface area contributed by atoms with Gasteiger partial charge in [-0.05, 0) is 61.6 Å². The van der Waals surface area contributed by atoms with E-state index < -0.39 is 0 Å². The lowest BCUT2D eigenvalue weighted by Crippen LogP contribution is -2.13. The van der Waals surface area contributed by atoms with E-state index in [0.717, 1.165) is 18.8 Å². The molecule has 0 unspecified atom stereocenters. The SMILES string of the molecule is COc1cc(C)c2c(c1C)CNCCC2. The summed E-state index contributed by atoms with van der Waals surface area (Å²) in [6, 6.07) is 2.17. The van der Waals surface area contributed by atoms with Crippen LogP contribution in [0.2, 0.25) is 0 Å². The van der Waals surface area contributed by atoms with Gasteiger partial charge in [-0.2, -0.15) is 0 Å². The average Bonchev–Trinajstić information content (AvgIpc) is 2.49. The second kappa shape index (κ2) is 4.23. The van der Waals surface area contributed by atoms with Crippen LogP contribution in [0.25, 0.3) is 0 Å². The molecule has 0 saturated heterocycles. The van der Waals surface area contributed by atoms with Gasteiger partial charge in [-0.3, -0.25) is 0 Å². The molecule has 0 spiro atoms. The van der Waals surface area contributed by atoms with Gasteiger partial charge in [-0.15, -0.1) is 0 Å². The summed E-state index contributed by atoms with van der Waals surface area (Å²) in [5.41, 5.74) is 5.64. The Labute approximate surface area is 91.6 Å². The molecule has 82 valence electrons. The summed E-state index contributed by atoms with van der Waals surface area (Å²) < 4.78 is 5.40. The molecule has 0 bridgehead atoms. The predicted molar refractivity (Wildman–Crippen MR) is 62.5 cm³/mol. The molecule has 2 heteroatoms. The molecule has 0 saturated carbocycles. The summed E-state index contributed by atoms with van der Waals surface area (Å²) >= 11 is 0. The first-order valence-corrected chi connectivity index (χ1v) is 5.60. The highest BCUT2D eigenvalue weighted by Crippen LogP contribution is 2.29. The minimum absolute atomic E-state index is 0.985. The molecule has 1 aromatic carbocycles. The first kappa shape index (κ1) is 10.5. The molecule has 2 nitrogen and oxygen atoms in total. The Morgan fingerprint density at radius 1 is 1.27 bits per heavy atom. The second-order valence-corrected chi connectivity index (χ2v) is 4.26. The van der Waals surface area contributed by atoms with E-state index in [4.69, 9.17) is 4.74 Å². The monoisotopic (exact) mass is 205 g/mol. The lowest BCUT2D eigenvalue weighted by molar-refractivity contribution is 0.410. The molecule has 1 aliphatic heterocycles. The van der Waals surface area contributed by atoms with Crippen molar-refractivity contribution in [1.29, 1.82) is 0 Å². The maximum Gasteiger partial charge on any atom is 0.122 e. The van der Waals surface area contributed by atoms with Gasteiger partial charge in [0.25, 0.3) is 0 Å². The number of ether oxygens (including phenoxy) is 1. The Balaban J connectivity index is 2.55. The van der Waals surface area contributed by atoms with Crippen molar-refractivity contribution in [2.24, 2.45) is 0 Å². The maximum atomic E-state index is 5.40. The number of benzene rings is 1. The Kier molecular flexibility index (Phi) is 2.96. The van der Waals surface area contributed by atoms with E-state index in [9.17, 15) is 0 Å². The van der Waals surface area contributed by atoms with E-state index in [0.29, 0.717) is 0 Å². The summed E-state index contributed by atoms with van der Waals surface area (Å²) in [7, 11) is 1.75. The average molecular weight is 205 g/mol. The highest BCUT2D eigenvalue weighted by molar-refractivity contribution is 5.49. The predicted octanol–water partition coefficient (Wildman–Crippen LogP) is 2.35. The van der Waals surface area contributed by atoms with Gasteiger partial charge in [0.1, 0.15) is 5.75 Å². The second-order valence-electron chi connectivity index (χ2n) is 4.26. The van der Waals surface area contributed by atoms with Crippen LogP contribution in [-0.2, 0) is 13.0 Å². The van der Waals surface area contributed by atoms with Crippen molar-refractivity contribution in [3.8, 4) is 5.75 Å². The molecule has 15 heavy (non-hydrogen) atoms. The number of rotatable bonds is 1. The van der Waals surface area contributed by atoms with Gasteiger partial charge < -0.3 is 10.1 Å². The molecule has 0 aliphatic carbocycles. The van der Waals surface area contributed by atoms with E-state index in [1.807, 2.05) is 0 Å². The number of aryl methyl sites for hydroxylation is 1. The van der Waals surface area contributed by atoms with Gasteiger partial charge in [0.2, 0.25) is 0 Å². The molecule has 0 atom stereocenters. The Morgan fingerprint density at radius 2 is 2.07 bits per heavy atom. The van der Waals surface area contributed by atoms with Crippen molar-refractivity contribution in [1.82, 2.24) is 5.32 Å². The minimum atomic E-state index is 0.985. The number of fused-ring (bicyclic) bond motifs is 1. The van der Waals surface area contributed by atoms with Crippen LogP contribution in [0.4, 0.5) is 0 Å². The van der Waals surface area contributed by atoms with Crippen molar-refractivity contribution in [2.75, 3.05) is 13.7 Å². The number of nitrogens with one attached hydrogen (secondary N) is 1. The molecule has 0 radical (unpaired) electrons. The Hall–Kier alpha value is -1.02. The molecule has 1 aliphatic rings. The van der Waals surface area contributed by atoms with Gasteiger partial charge in [0, 0.05) is 6.54 Å². The van der Waals surface area contributed by atoms with E-state index in [2.05, 4.69) is 25.2 Å². The third kappa shape index (κ3) is 1.86. The van der Waals surface area contributed by atoms with Crippen molar-refractivity contribution in [2.45, 2.75) is 33.2 Å². The Bertz CT molecular complexity index is 371. The van der Waals surface area contributed by atoms with Crippen LogP contribution in [0.1, 0.15) is 28.7 Å². The molecular formula is C13H19NO. The lowest BCUT2D eigenvalue weighted by Gasteiger charge is -2.16. The van der Waals surface area contributed by atoms with Crippen molar-refractivity contribution in [3.05, 3.63) is 28.3 Å². The van der Waals surface area contributed by atoms with E-state index in [1.54, 1.807) is 7.11 Å². The van der Waals surface area contributed by atoms with Gasteiger partial charge >= 0.3 is 0 Å². The quantitative estimate of drug-likeness (QED) is 0.760. The Morgan fingerprint density at radius 3 is 2.80 bits per heavy atom. The fraction of sp³-hybridized carbons (Fsp3) is 0.538. The zero-order valence-corrected chi connectivity index (χ0v) is 9.81. The van der Waals surface area contributed by atoms with Crippen LogP contribution in [0.15, 0.2) is 6.07 Å². The van der Waals surface area contributed by atoms with E-state index >= 15 is 0 Å². The highest BCUT2D eigenvalue weighted by Gasteiger charge is 2.15. The summed E-state index contributed by atoms with van der Waals surface area (Å²) in [6.45, 7) is 6.45. The molecule has 2 rings (SSSR count). The van der Waals surface area contributed by atoms with Crippen LogP contribution in [0, 0.1) is 13.8 Å². The molecule has 0 aromatic heterocycles. The fourth-order valence-corrected chi connectivity index (χ4v) is 2.41. The summed E-state index contributed by atoms with van der Waals surface area (Å²) in [5, 5.41) is 3.47. The first-order valence-electron chi connectivity index (χ1n) is 5.60. The third-order valence-corrected chi connectivity index (χ3v) is 3.31. The molecule has 1 aromatic rings. The van der Waals surface area contributed by atoms with Gasteiger partial charge in [0.15, 0.2) is 0 Å². The smallest absolute Gasteiger partial charge is 0.122 e. The molecule has 0 amide bonds. The molecule has 1 N–H and O–H groups in total. The topological polar surface area (TPSA) is 21.3 Å². The van der Waals surface area contributed by atoms with Crippen molar-refractivity contribution >= 4 is 0 Å². The number of hydrogen-bond acceptors (Lipinski definition) is 2. The van der Waals surface area contributed by atoms with Crippen LogP contribution >= 0.6 is 0 Å². The minimum Gasteiger partial charge on any atom is -0.496 e. The van der Waals surface area contributed by atoms with Gasteiger partial charge in [-0.1, -0.05) is 0 Å². The lowest BCUT2D eigenvalue weighted by atomic mass is 9.94. The van der Waals surface area contributed by atoms with E-state index in [1.165, 1.54) is 35.1 Å². The van der Waals surface area contributed by atoms with Crippen LogP contribution in [0.3, 0.4) is 0 Å². The number of methoxy groups -OCH3 is 1. The summed E-state index contributed by atoms with van der Waals surface area (Å²) in [4.78, 5) is 0. The van der Waals surface area contributed by atoms with Gasteiger partial charge in [-0.25, -0.2) is 0 Å². The highest BCUT2D eigenvalue weighted by atomic mass is 16.5. The van der Waals surface area contributed by atoms with Crippen molar-refractivity contribution in [3.63, 3.8) is 0 Å². The normalized spacial score (nSPS) is 15.7. The maximum absolute atomic E-state index is 5.40. The van der Waals surface area contributed by atoms with Crippen LogP contribution < -0.4 is 10.1 Å². The summed E-state index contributed by atoms with van der Waals surface area (Å²) in [6.07, 6.45) is 2.43. The van der Waals surface area contributed by atoms with Gasteiger partial charge in [0.05, 0.1) is 7.11 Å². The molecular weight excluding hydrogens is 186 g/mol. The van der Waals surface area contributed by atoms with Crippen LogP contribution in [0.5, 0.6) is 5.75 Å².